The molecule has 8 nitrogen and oxygen atoms in total. The molecule has 1 amide bonds. The Hall–Kier alpha value is -1.58. The minimum Gasteiger partial charge on any atom is -0.375 e. The van der Waals surface area contributed by atoms with Crippen LogP contribution < -0.4 is 0 Å². The fourth-order valence-corrected chi connectivity index (χ4v) is 4.70. The lowest BCUT2D eigenvalue weighted by Crippen LogP contribution is -2.53. The highest BCUT2D eigenvalue weighted by Crippen LogP contribution is 2.26. The van der Waals surface area contributed by atoms with Crippen molar-refractivity contribution in [3.05, 3.63) is 23.3 Å². The Bertz CT molecular complexity index is 767. The first kappa shape index (κ1) is 18.2. The van der Waals surface area contributed by atoms with Crippen molar-refractivity contribution in [3.8, 4) is 0 Å². The van der Waals surface area contributed by atoms with Crippen LogP contribution in [-0.4, -0.2) is 78.1 Å². The molecular weight excluding hydrogens is 344 g/mol. The molecule has 3 rings (SSSR count). The van der Waals surface area contributed by atoms with Gasteiger partial charge in [-0.15, -0.1) is 0 Å². The molecular formula is C16H24N4O4S. The van der Waals surface area contributed by atoms with Crippen molar-refractivity contribution in [1.82, 2.24) is 19.2 Å². The third-order valence-electron chi connectivity index (χ3n) is 5.07. The highest BCUT2D eigenvalue weighted by Gasteiger charge is 2.39. The predicted octanol–water partition coefficient (Wildman–Crippen LogP) is 0.358. The van der Waals surface area contributed by atoms with Crippen LogP contribution in [0.25, 0.3) is 0 Å². The van der Waals surface area contributed by atoms with Crippen molar-refractivity contribution in [2.75, 3.05) is 32.5 Å². The van der Waals surface area contributed by atoms with Gasteiger partial charge in [-0.05, 0) is 26.7 Å². The van der Waals surface area contributed by atoms with Gasteiger partial charge < -0.3 is 9.64 Å². The van der Waals surface area contributed by atoms with E-state index < -0.39 is 10.0 Å². The van der Waals surface area contributed by atoms with Crippen LogP contribution in [0.1, 0.15) is 34.6 Å². The predicted molar refractivity (Wildman–Crippen MR) is 91.7 cm³/mol. The molecule has 1 aromatic rings. The Morgan fingerprint density at radius 2 is 1.92 bits per heavy atom. The molecule has 0 aromatic carbocycles. The summed E-state index contributed by atoms with van der Waals surface area (Å²) in [6, 6.07) is -0.213. The fourth-order valence-electron chi connectivity index (χ4n) is 3.56. The molecule has 0 saturated carbocycles. The number of morpholine rings is 1. The monoisotopic (exact) mass is 368 g/mol. The number of likely N-dealkylation sites (tertiary alicyclic amines) is 1. The highest BCUT2D eigenvalue weighted by molar-refractivity contribution is 7.88. The number of aromatic nitrogens is 2. The SMILES string of the molecule is Cc1ncnc(C(=O)N2CC[C@@H]3[C@@H](CC2)OCCN3S(C)(=O)=O)c1C. The maximum atomic E-state index is 12.9. The van der Waals surface area contributed by atoms with Crippen LogP contribution in [0.15, 0.2) is 6.33 Å². The van der Waals surface area contributed by atoms with Crippen LogP contribution >= 0.6 is 0 Å². The van der Waals surface area contributed by atoms with Crippen molar-refractivity contribution < 1.29 is 17.9 Å². The highest BCUT2D eigenvalue weighted by atomic mass is 32.2. The van der Waals surface area contributed by atoms with Gasteiger partial charge in [-0.3, -0.25) is 4.79 Å². The Balaban J connectivity index is 1.79. The van der Waals surface area contributed by atoms with Gasteiger partial charge in [0.2, 0.25) is 10.0 Å². The van der Waals surface area contributed by atoms with Crippen LogP contribution in [0, 0.1) is 13.8 Å². The van der Waals surface area contributed by atoms with Crippen LogP contribution in [0.4, 0.5) is 0 Å². The average Bonchev–Trinajstić information content (AvgIpc) is 2.78. The maximum absolute atomic E-state index is 12.9. The number of hydrogen-bond acceptors (Lipinski definition) is 6. The minimum atomic E-state index is -3.29. The van der Waals surface area contributed by atoms with E-state index in [-0.39, 0.29) is 18.1 Å². The second kappa shape index (κ2) is 6.97. The van der Waals surface area contributed by atoms with Gasteiger partial charge in [0.15, 0.2) is 0 Å². The van der Waals surface area contributed by atoms with Crippen molar-refractivity contribution >= 4 is 15.9 Å². The zero-order valence-corrected chi connectivity index (χ0v) is 15.6. The molecule has 0 radical (unpaired) electrons. The second-order valence-electron chi connectivity index (χ2n) is 6.65. The quantitative estimate of drug-likeness (QED) is 0.748. The largest absolute Gasteiger partial charge is 0.375 e. The number of hydrogen-bond donors (Lipinski definition) is 0. The summed E-state index contributed by atoms with van der Waals surface area (Å²) in [4.78, 5) is 22.9. The number of ether oxygens (including phenoxy) is 1. The molecule has 2 saturated heterocycles. The van der Waals surface area contributed by atoms with E-state index in [0.717, 1.165) is 11.3 Å². The number of sulfonamides is 1. The third kappa shape index (κ3) is 3.68. The van der Waals surface area contributed by atoms with Gasteiger partial charge in [-0.2, -0.15) is 4.31 Å². The van der Waals surface area contributed by atoms with Crippen molar-refractivity contribution in [1.29, 1.82) is 0 Å². The summed E-state index contributed by atoms with van der Waals surface area (Å²) in [5, 5.41) is 0. The fraction of sp³-hybridized carbons (Fsp3) is 0.688. The lowest BCUT2D eigenvalue weighted by molar-refractivity contribution is -0.0406. The van der Waals surface area contributed by atoms with Crippen molar-refractivity contribution in [2.45, 2.75) is 38.8 Å². The van der Waals surface area contributed by atoms with Crippen molar-refractivity contribution in [2.24, 2.45) is 0 Å². The molecule has 0 aliphatic carbocycles. The van der Waals surface area contributed by atoms with Gasteiger partial charge in [-0.1, -0.05) is 0 Å². The van der Waals surface area contributed by atoms with E-state index in [4.69, 9.17) is 4.74 Å². The zero-order valence-electron chi connectivity index (χ0n) is 14.8. The van der Waals surface area contributed by atoms with Crippen LogP contribution in [-0.2, 0) is 14.8 Å². The van der Waals surface area contributed by atoms with E-state index in [9.17, 15) is 13.2 Å². The topological polar surface area (TPSA) is 92.7 Å². The van der Waals surface area contributed by atoms with E-state index in [0.29, 0.717) is 44.8 Å². The first-order valence-corrected chi connectivity index (χ1v) is 10.3. The first-order chi connectivity index (χ1) is 11.8. The first-order valence-electron chi connectivity index (χ1n) is 8.45. The van der Waals surface area contributed by atoms with Crippen molar-refractivity contribution in [3.63, 3.8) is 0 Å². The standard InChI is InChI=1S/C16H24N4O4S/c1-11-12(2)17-10-18-15(11)16(21)19-6-4-13-14(5-7-19)24-9-8-20(13)25(3,22)23/h10,13-14H,4-9H2,1-3H3/t13-,14-/m1/s1. The van der Waals surface area contributed by atoms with Crippen LogP contribution in [0.3, 0.4) is 0 Å². The maximum Gasteiger partial charge on any atom is 0.272 e. The van der Waals surface area contributed by atoms with E-state index in [1.165, 1.54) is 16.9 Å². The molecule has 0 bridgehead atoms. The Labute approximate surface area is 148 Å². The lowest BCUT2D eigenvalue weighted by atomic mass is 10.0. The molecule has 0 N–H and O–H groups in total. The Morgan fingerprint density at radius 1 is 1.20 bits per heavy atom. The van der Waals surface area contributed by atoms with E-state index in [1.54, 1.807) is 4.90 Å². The Morgan fingerprint density at radius 3 is 2.64 bits per heavy atom. The van der Waals surface area contributed by atoms with Crippen LogP contribution in [0.5, 0.6) is 0 Å². The normalized spacial score (nSPS) is 25.3. The summed E-state index contributed by atoms with van der Waals surface area (Å²) >= 11 is 0. The molecule has 0 unspecified atom stereocenters. The number of amides is 1. The number of rotatable bonds is 2. The van der Waals surface area contributed by atoms with Gasteiger partial charge in [0.05, 0.1) is 25.0 Å². The second-order valence-corrected chi connectivity index (χ2v) is 8.59. The average molecular weight is 368 g/mol. The van der Waals surface area contributed by atoms with Gasteiger partial charge in [0.1, 0.15) is 12.0 Å². The third-order valence-corrected chi connectivity index (χ3v) is 6.38. The lowest BCUT2D eigenvalue weighted by Gasteiger charge is -2.38. The number of aryl methyl sites for hydroxylation is 1. The van der Waals surface area contributed by atoms with Crippen LogP contribution in [0.2, 0.25) is 0 Å². The number of carbonyl (C=O) groups excluding carboxylic acids is 1. The summed E-state index contributed by atoms with van der Waals surface area (Å²) in [6.45, 7) is 5.47. The van der Waals surface area contributed by atoms with E-state index >= 15 is 0 Å². The van der Waals surface area contributed by atoms with E-state index in [1.807, 2.05) is 13.8 Å². The number of nitrogens with zero attached hydrogens (tertiary/aromatic N) is 4. The summed E-state index contributed by atoms with van der Waals surface area (Å²) in [5.41, 5.74) is 1.98. The number of fused-ring (bicyclic) bond motifs is 1. The molecule has 1 aromatic heterocycles. The molecule has 138 valence electrons. The summed E-state index contributed by atoms with van der Waals surface area (Å²) in [6.07, 6.45) is 3.64. The molecule has 0 spiro atoms. The molecule has 25 heavy (non-hydrogen) atoms. The van der Waals surface area contributed by atoms with Gasteiger partial charge in [-0.25, -0.2) is 18.4 Å². The molecule has 2 aliphatic heterocycles. The summed E-state index contributed by atoms with van der Waals surface area (Å²) < 4.78 is 31.4. The van der Waals surface area contributed by atoms with Gasteiger partial charge in [0, 0.05) is 30.9 Å². The van der Waals surface area contributed by atoms with Gasteiger partial charge >= 0.3 is 0 Å². The number of carbonyl (C=O) groups is 1. The smallest absolute Gasteiger partial charge is 0.272 e. The summed E-state index contributed by atoms with van der Waals surface area (Å²) in [7, 11) is -3.29. The minimum absolute atomic E-state index is 0.132. The zero-order chi connectivity index (χ0) is 18.2. The molecule has 9 heteroatoms. The Kier molecular flexibility index (Phi) is 5.08. The summed E-state index contributed by atoms with van der Waals surface area (Å²) in [5.74, 6) is -0.132. The molecule has 2 aliphatic rings. The molecule has 2 atom stereocenters. The molecule has 2 fully saturated rings. The van der Waals surface area contributed by atoms with Gasteiger partial charge in [0.25, 0.3) is 5.91 Å². The molecule has 3 heterocycles. The van der Waals surface area contributed by atoms with E-state index in [2.05, 4.69) is 9.97 Å².